The predicted octanol–water partition coefficient (Wildman–Crippen LogP) is 6.56. The number of fused-ring (bicyclic) bond motifs is 1. The number of methoxy groups -OCH3 is 1. The van der Waals surface area contributed by atoms with Crippen LogP contribution in [0.1, 0.15) is 65.0 Å². The van der Waals surface area contributed by atoms with Crippen LogP contribution < -0.4 is 5.32 Å². The molecule has 1 aliphatic rings. The smallest absolute Gasteiger partial charge is 0.410 e. The SMILES string of the molecule is C=C(CCCCCl)Nc1ccc2c(c1)CN(C(=O)OC(C)(C)C)C2.CC.COC. The van der Waals surface area contributed by atoms with Crippen molar-refractivity contribution in [3.63, 3.8) is 0 Å². The van der Waals surface area contributed by atoms with Crippen molar-refractivity contribution in [2.75, 3.05) is 25.4 Å². The highest BCUT2D eigenvalue weighted by Crippen LogP contribution is 2.28. The van der Waals surface area contributed by atoms with Gasteiger partial charge in [-0.25, -0.2) is 4.79 Å². The van der Waals surface area contributed by atoms with E-state index < -0.39 is 5.60 Å². The summed E-state index contributed by atoms with van der Waals surface area (Å²) in [6.07, 6.45) is 2.68. The standard InChI is InChI=1S/C19H27ClN2O2.C2H6O.C2H6/c1-14(7-5-6-10-20)21-17-9-8-15-12-22(13-16(15)11-17)18(23)24-19(2,3)4;1-3-2;1-2/h8-9,11,21H,1,5-7,10,12-13H2,2-4H3;1-2H3;1-2H3. The van der Waals surface area contributed by atoms with Crippen molar-refractivity contribution in [3.8, 4) is 0 Å². The number of amides is 1. The quantitative estimate of drug-likeness (QED) is 0.413. The van der Waals surface area contributed by atoms with Crippen molar-refractivity contribution in [1.82, 2.24) is 4.90 Å². The van der Waals surface area contributed by atoms with Crippen LogP contribution in [0.3, 0.4) is 0 Å². The van der Waals surface area contributed by atoms with Gasteiger partial charge in [-0.3, -0.25) is 4.90 Å². The number of anilines is 1. The summed E-state index contributed by atoms with van der Waals surface area (Å²) in [5.41, 5.74) is 3.84. The number of hydrogen-bond donors (Lipinski definition) is 1. The second kappa shape index (κ2) is 14.3. The third-order valence-electron chi connectivity index (χ3n) is 3.76. The lowest BCUT2D eigenvalue weighted by atomic mass is 10.1. The zero-order valence-corrected chi connectivity index (χ0v) is 20.0. The molecule has 166 valence electrons. The van der Waals surface area contributed by atoms with Gasteiger partial charge in [-0.05, 0) is 63.3 Å². The Morgan fingerprint density at radius 1 is 1.17 bits per heavy atom. The molecule has 0 bridgehead atoms. The number of halogens is 1. The Hall–Kier alpha value is -1.72. The Bertz CT molecular complexity index is 627. The van der Waals surface area contributed by atoms with E-state index >= 15 is 0 Å². The summed E-state index contributed by atoms with van der Waals surface area (Å²) in [6, 6.07) is 6.19. The fourth-order valence-electron chi connectivity index (χ4n) is 2.63. The first-order chi connectivity index (χ1) is 13.7. The van der Waals surface area contributed by atoms with Gasteiger partial charge in [0.15, 0.2) is 0 Å². The van der Waals surface area contributed by atoms with Gasteiger partial charge in [-0.2, -0.15) is 0 Å². The summed E-state index contributed by atoms with van der Waals surface area (Å²) >= 11 is 5.70. The van der Waals surface area contributed by atoms with Crippen LogP contribution in [0.4, 0.5) is 10.5 Å². The molecule has 0 radical (unpaired) electrons. The summed E-state index contributed by atoms with van der Waals surface area (Å²) in [7, 11) is 3.25. The van der Waals surface area contributed by atoms with Crippen LogP contribution in [0.2, 0.25) is 0 Å². The summed E-state index contributed by atoms with van der Waals surface area (Å²) in [4.78, 5) is 13.9. The first-order valence-corrected chi connectivity index (χ1v) is 10.7. The molecule has 2 rings (SSSR count). The molecule has 29 heavy (non-hydrogen) atoms. The van der Waals surface area contributed by atoms with Crippen molar-refractivity contribution in [3.05, 3.63) is 41.6 Å². The molecule has 0 unspecified atom stereocenters. The van der Waals surface area contributed by atoms with Crippen LogP contribution >= 0.6 is 11.6 Å². The highest BCUT2D eigenvalue weighted by molar-refractivity contribution is 6.17. The first-order valence-electron chi connectivity index (χ1n) is 10.2. The van der Waals surface area contributed by atoms with E-state index in [4.69, 9.17) is 16.3 Å². The molecular weight excluding hydrogens is 388 g/mol. The number of carbonyl (C=O) groups is 1. The van der Waals surface area contributed by atoms with Crippen molar-refractivity contribution in [1.29, 1.82) is 0 Å². The average Bonchev–Trinajstić information content (AvgIpc) is 3.06. The van der Waals surface area contributed by atoms with E-state index in [0.29, 0.717) is 19.0 Å². The molecule has 0 aromatic heterocycles. The van der Waals surface area contributed by atoms with Gasteiger partial charge in [0.05, 0.1) is 0 Å². The largest absolute Gasteiger partial charge is 0.444 e. The van der Waals surface area contributed by atoms with Gasteiger partial charge in [0.2, 0.25) is 0 Å². The molecule has 0 saturated carbocycles. The van der Waals surface area contributed by atoms with Gasteiger partial charge in [0.25, 0.3) is 0 Å². The molecule has 0 fully saturated rings. The molecule has 1 N–H and O–H groups in total. The average molecular weight is 427 g/mol. The molecule has 1 aromatic carbocycles. The van der Waals surface area contributed by atoms with Crippen molar-refractivity contribution < 1.29 is 14.3 Å². The number of alkyl halides is 1. The zero-order valence-electron chi connectivity index (χ0n) is 19.2. The number of nitrogens with zero attached hydrogens (tertiary/aromatic N) is 1. The van der Waals surface area contributed by atoms with E-state index in [1.54, 1.807) is 19.1 Å². The maximum Gasteiger partial charge on any atom is 0.410 e. The molecule has 5 nitrogen and oxygen atoms in total. The third-order valence-corrected chi connectivity index (χ3v) is 4.03. The van der Waals surface area contributed by atoms with E-state index in [2.05, 4.69) is 28.8 Å². The lowest BCUT2D eigenvalue weighted by Gasteiger charge is -2.24. The number of nitrogens with one attached hydrogen (secondary N) is 1. The minimum Gasteiger partial charge on any atom is -0.444 e. The topological polar surface area (TPSA) is 50.8 Å². The fourth-order valence-corrected chi connectivity index (χ4v) is 2.82. The van der Waals surface area contributed by atoms with Gasteiger partial charge in [-0.1, -0.05) is 26.5 Å². The van der Waals surface area contributed by atoms with Crippen molar-refractivity contribution in [2.24, 2.45) is 0 Å². The minimum atomic E-state index is -0.473. The molecule has 1 amide bonds. The van der Waals surface area contributed by atoms with Crippen LogP contribution in [-0.4, -0.2) is 36.7 Å². The lowest BCUT2D eigenvalue weighted by molar-refractivity contribution is 0.0242. The number of benzene rings is 1. The van der Waals surface area contributed by atoms with Crippen LogP contribution in [0, 0.1) is 0 Å². The molecule has 1 aromatic rings. The number of ether oxygens (including phenoxy) is 2. The monoisotopic (exact) mass is 426 g/mol. The molecular formula is C23H39ClN2O3. The molecule has 0 spiro atoms. The van der Waals surface area contributed by atoms with Crippen LogP contribution in [0.25, 0.3) is 0 Å². The number of hydrogen-bond acceptors (Lipinski definition) is 4. The van der Waals surface area contributed by atoms with Gasteiger partial charge < -0.3 is 14.8 Å². The van der Waals surface area contributed by atoms with E-state index in [9.17, 15) is 4.79 Å². The molecule has 1 heterocycles. The van der Waals surface area contributed by atoms with E-state index in [1.165, 1.54) is 5.56 Å². The number of unbranched alkanes of at least 4 members (excludes halogenated alkanes) is 1. The highest BCUT2D eigenvalue weighted by atomic mass is 35.5. The maximum absolute atomic E-state index is 12.2. The fraction of sp³-hybridized carbons (Fsp3) is 0.609. The number of rotatable bonds is 6. The van der Waals surface area contributed by atoms with E-state index in [0.717, 1.165) is 36.2 Å². The van der Waals surface area contributed by atoms with Gasteiger partial charge in [0.1, 0.15) is 5.60 Å². The predicted molar refractivity (Wildman–Crippen MR) is 124 cm³/mol. The molecule has 0 aliphatic carbocycles. The second-order valence-electron chi connectivity index (χ2n) is 7.60. The van der Waals surface area contributed by atoms with Crippen molar-refractivity contribution in [2.45, 2.75) is 72.6 Å². The molecule has 6 heteroatoms. The van der Waals surface area contributed by atoms with Crippen LogP contribution in [0.15, 0.2) is 30.5 Å². The molecule has 0 saturated heterocycles. The highest BCUT2D eigenvalue weighted by Gasteiger charge is 2.27. The van der Waals surface area contributed by atoms with Crippen molar-refractivity contribution >= 4 is 23.4 Å². The van der Waals surface area contributed by atoms with E-state index in [-0.39, 0.29) is 6.09 Å². The van der Waals surface area contributed by atoms with Gasteiger partial charge in [-0.15, -0.1) is 11.6 Å². The maximum atomic E-state index is 12.2. The Labute approximate surface area is 182 Å². The third kappa shape index (κ3) is 11.1. The van der Waals surface area contributed by atoms with Gasteiger partial charge >= 0.3 is 6.09 Å². The summed E-state index contributed by atoms with van der Waals surface area (Å²) in [6.45, 7) is 14.9. The minimum absolute atomic E-state index is 0.265. The van der Waals surface area contributed by atoms with E-state index in [1.807, 2.05) is 40.7 Å². The van der Waals surface area contributed by atoms with Crippen LogP contribution in [-0.2, 0) is 22.6 Å². The normalized spacial score (nSPS) is 12.1. The second-order valence-corrected chi connectivity index (χ2v) is 7.98. The summed E-state index contributed by atoms with van der Waals surface area (Å²) < 4.78 is 9.70. The van der Waals surface area contributed by atoms with Crippen LogP contribution in [0.5, 0.6) is 0 Å². The Kier molecular flexibility index (Phi) is 13.4. The summed E-state index contributed by atoms with van der Waals surface area (Å²) in [5, 5.41) is 3.34. The lowest BCUT2D eigenvalue weighted by Crippen LogP contribution is -2.33. The van der Waals surface area contributed by atoms with Gasteiger partial charge in [0, 0.05) is 44.6 Å². The number of allylic oxidation sites excluding steroid dienone is 1. The zero-order chi connectivity index (χ0) is 22.4. The summed E-state index contributed by atoms with van der Waals surface area (Å²) in [5.74, 6) is 0.687. The Morgan fingerprint density at radius 2 is 1.76 bits per heavy atom. The Balaban J connectivity index is 0.00000143. The molecule has 0 atom stereocenters. The Morgan fingerprint density at radius 3 is 2.31 bits per heavy atom. The molecule has 1 aliphatic heterocycles. The number of carbonyl (C=O) groups excluding carboxylic acids is 1. The first kappa shape index (κ1) is 27.3.